The molecule has 0 aliphatic carbocycles. The average Bonchev–Trinajstić information content (AvgIpc) is 2.22. The lowest BCUT2D eigenvalue weighted by molar-refractivity contribution is 0.0438. The Bertz CT molecular complexity index is 357. The molecule has 0 saturated heterocycles. The molecule has 1 aromatic rings. The Morgan fingerprint density at radius 2 is 2.06 bits per heavy atom. The summed E-state index contributed by atoms with van der Waals surface area (Å²) in [7, 11) is 1.64. The van der Waals surface area contributed by atoms with Crippen LogP contribution in [-0.4, -0.2) is 18.2 Å². The van der Waals surface area contributed by atoms with E-state index in [-0.39, 0.29) is 12.1 Å². The van der Waals surface area contributed by atoms with E-state index in [2.05, 4.69) is 4.98 Å². The number of methoxy groups -OCH3 is 1. The number of ether oxygens (including phenoxy) is 1. The lowest BCUT2D eigenvalue weighted by Crippen LogP contribution is -2.33. The summed E-state index contributed by atoms with van der Waals surface area (Å²) < 4.78 is 5.37. The largest absolute Gasteiger partial charge is 0.383 e. The lowest BCUT2D eigenvalue weighted by atomic mass is 9.94. The van der Waals surface area contributed by atoms with Crippen LogP contribution in [0.5, 0.6) is 0 Å². The molecule has 2 unspecified atom stereocenters. The lowest BCUT2D eigenvalue weighted by Gasteiger charge is -2.26. The van der Waals surface area contributed by atoms with Crippen molar-refractivity contribution in [1.29, 1.82) is 0 Å². The summed E-state index contributed by atoms with van der Waals surface area (Å²) in [6.07, 6.45) is 1.40. The third kappa shape index (κ3) is 2.84. The molecule has 1 heterocycles. The summed E-state index contributed by atoms with van der Waals surface area (Å²) in [4.78, 5) is 3.99. The highest BCUT2D eigenvalue weighted by molar-refractivity contribution is 6.30. The summed E-state index contributed by atoms with van der Waals surface area (Å²) in [5, 5.41) is 0.526. The minimum Gasteiger partial charge on any atom is -0.383 e. The van der Waals surface area contributed by atoms with Crippen molar-refractivity contribution < 1.29 is 4.74 Å². The molecule has 1 rings (SSSR count). The zero-order valence-corrected chi connectivity index (χ0v) is 10.5. The van der Waals surface area contributed by atoms with E-state index in [9.17, 15) is 0 Å². The maximum atomic E-state index is 6.12. The number of aromatic nitrogens is 1. The van der Waals surface area contributed by atoms with Crippen LogP contribution in [0.25, 0.3) is 0 Å². The van der Waals surface area contributed by atoms with Crippen molar-refractivity contribution >= 4 is 17.4 Å². The van der Waals surface area contributed by atoms with Crippen LogP contribution < -0.4 is 11.5 Å². The highest BCUT2D eigenvalue weighted by atomic mass is 35.5. The third-order valence-electron chi connectivity index (χ3n) is 2.56. The van der Waals surface area contributed by atoms with Crippen LogP contribution in [0, 0.1) is 5.92 Å². The molecule has 0 aliphatic heterocycles. The van der Waals surface area contributed by atoms with Crippen LogP contribution in [0.1, 0.15) is 25.5 Å². The number of rotatable bonds is 4. The van der Waals surface area contributed by atoms with E-state index in [1.54, 1.807) is 13.2 Å². The molecule has 1 aromatic heterocycles. The molecule has 0 fully saturated rings. The molecule has 90 valence electrons. The van der Waals surface area contributed by atoms with Gasteiger partial charge in [-0.2, -0.15) is 0 Å². The van der Waals surface area contributed by atoms with Gasteiger partial charge in [0, 0.05) is 18.9 Å². The number of nitrogen functional groups attached to an aromatic ring is 1. The van der Waals surface area contributed by atoms with Crippen LogP contribution >= 0.6 is 11.6 Å². The second-order valence-electron chi connectivity index (χ2n) is 4.10. The van der Waals surface area contributed by atoms with Gasteiger partial charge >= 0.3 is 0 Å². The van der Waals surface area contributed by atoms with Crippen LogP contribution in [-0.2, 0) is 4.74 Å². The molecule has 5 heteroatoms. The van der Waals surface area contributed by atoms with Gasteiger partial charge in [-0.25, -0.2) is 4.98 Å². The molecule has 0 radical (unpaired) electrons. The fraction of sp³-hybridized carbons (Fsp3) is 0.545. The van der Waals surface area contributed by atoms with Crippen molar-refractivity contribution in [2.75, 3.05) is 12.8 Å². The van der Waals surface area contributed by atoms with E-state index in [4.69, 9.17) is 27.8 Å². The van der Waals surface area contributed by atoms with Gasteiger partial charge in [-0.1, -0.05) is 25.4 Å². The van der Waals surface area contributed by atoms with E-state index in [1.165, 1.54) is 6.20 Å². The van der Waals surface area contributed by atoms with Gasteiger partial charge in [0.1, 0.15) is 5.82 Å². The molecular weight excluding hydrogens is 226 g/mol. The van der Waals surface area contributed by atoms with Gasteiger partial charge in [0.15, 0.2) is 0 Å². The minimum atomic E-state index is -0.323. The van der Waals surface area contributed by atoms with Crippen molar-refractivity contribution in [3.8, 4) is 0 Å². The van der Waals surface area contributed by atoms with Crippen molar-refractivity contribution in [2.24, 2.45) is 11.7 Å². The second kappa shape index (κ2) is 5.48. The van der Waals surface area contributed by atoms with Crippen LogP contribution in [0.2, 0.25) is 5.02 Å². The smallest absolute Gasteiger partial charge is 0.128 e. The van der Waals surface area contributed by atoms with E-state index in [1.807, 2.05) is 13.8 Å². The number of nitrogens with two attached hydrogens (primary N) is 2. The van der Waals surface area contributed by atoms with Gasteiger partial charge in [0.25, 0.3) is 0 Å². The number of hydrogen-bond acceptors (Lipinski definition) is 4. The van der Waals surface area contributed by atoms with Crippen molar-refractivity contribution in [1.82, 2.24) is 4.98 Å². The summed E-state index contributed by atoms with van der Waals surface area (Å²) >= 11 is 5.87. The first-order valence-corrected chi connectivity index (χ1v) is 5.54. The topological polar surface area (TPSA) is 74.2 Å². The monoisotopic (exact) mass is 243 g/mol. The van der Waals surface area contributed by atoms with E-state index >= 15 is 0 Å². The maximum Gasteiger partial charge on any atom is 0.128 e. The number of nitrogens with zero attached hydrogens (tertiary/aromatic N) is 1. The summed E-state index contributed by atoms with van der Waals surface area (Å²) in [5.74, 6) is 0.693. The number of hydrogen-bond donors (Lipinski definition) is 2. The first-order chi connectivity index (χ1) is 7.47. The van der Waals surface area contributed by atoms with Crippen LogP contribution in [0.3, 0.4) is 0 Å². The predicted molar refractivity (Wildman–Crippen MR) is 66.2 cm³/mol. The first-order valence-electron chi connectivity index (χ1n) is 5.16. The van der Waals surface area contributed by atoms with E-state index < -0.39 is 0 Å². The molecular formula is C11H18ClN3O. The molecule has 0 amide bonds. The summed E-state index contributed by atoms with van der Waals surface area (Å²) in [6.45, 7) is 4.09. The van der Waals surface area contributed by atoms with Gasteiger partial charge in [-0.15, -0.1) is 0 Å². The number of pyridine rings is 1. The Hall–Kier alpha value is -0.840. The van der Waals surface area contributed by atoms with Gasteiger partial charge < -0.3 is 16.2 Å². The Morgan fingerprint density at radius 1 is 1.44 bits per heavy atom. The highest BCUT2D eigenvalue weighted by Gasteiger charge is 2.24. The standard InChI is InChI=1S/C11H18ClN3O/c1-6(2)10(16-3)9(13)8-4-7(12)5-15-11(8)14/h4-6,9-10H,13H2,1-3H3,(H2,14,15). The molecule has 0 bridgehead atoms. The molecule has 0 aliphatic rings. The predicted octanol–water partition coefficient (Wildman–Crippen LogP) is 1.99. The molecule has 2 atom stereocenters. The average molecular weight is 244 g/mol. The molecule has 0 aromatic carbocycles. The fourth-order valence-electron chi connectivity index (χ4n) is 1.74. The Balaban J connectivity index is 3.02. The molecule has 0 saturated carbocycles. The Morgan fingerprint density at radius 3 is 2.56 bits per heavy atom. The molecule has 4 nitrogen and oxygen atoms in total. The fourth-order valence-corrected chi connectivity index (χ4v) is 1.91. The maximum absolute atomic E-state index is 6.12. The normalized spacial score (nSPS) is 15.1. The van der Waals surface area contributed by atoms with E-state index in [0.29, 0.717) is 16.8 Å². The Labute approximate surface area is 101 Å². The zero-order chi connectivity index (χ0) is 12.3. The van der Waals surface area contributed by atoms with Crippen molar-refractivity contribution in [2.45, 2.75) is 26.0 Å². The molecule has 16 heavy (non-hydrogen) atoms. The van der Waals surface area contributed by atoms with Crippen LogP contribution in [0.4, 0.5) is 5.82 Å². The Kier molecular flexibility index (Phi) is 4.53. The molecule has 0 spiro atoms. The van der Waals surface area contributed by atoms with Gasteiger partial charge in [0.2, 0.25) is 0 Å². The van der Waals surface area contributed by atoms with E-state index in [0.717, 1.165) is 5.56 Å². The van der Waals surface area contributed by atoms with Crippen molar-refractivity contribution in [3.63, 3.8) is 0 Å². The quantitative estimate of drug-likeness (QED) is 0.848. The van der Waals surface area contributed by atoms with Crippen LogP contribution in [0.15, 0.2) is 12.3 Å². The SMILES string of the molecule is COC(C(C)C)C(N)c1cc(Cl)cnc1N. The van der Waals surface area contributed by atoms with Gasteiger partial charge in [0.05, 0.1) is 17.2 Å². The van der Waals surface area contributed by atoms with Gasteiger partial charge in [-0.3, -0.25) is 0 Å². The first kappa shape index (κ1) is 13.2. The highest BCUT2D eigenvalue weighted by Crippen LogP contribution is 2.27. The zero-order valence-electron chi connectivity index (χ0n) is 9.77. The number of halogens is 1. The minimum absolute atomic E-state index is 0.109. The summed E-state index contributed by atoms with van der Waals surface area (Å²) in [6, 6.07) is 1.42. The van der Waals surface area contributed by atoms with Crippen molar-refractivity contribution in [3.05, 3.63) is 22.8 Å². The van der Waals surface area contributed by atoms with Gasteiger partial charge in [-0.05, 0) is 12.0 Å². The summed E-state index contributed by atoms with van der Waals surface area (Å²) in [5.41, 5.74) is 12.6. The third-order valence-corrected chi connectivity index (χ3v) is 2.77. The molecule has 4 N–H and O–H groups in total. The number of anilines is 1. The second-order valence-corrected chi connectivity index (χ2v) is 4.53.